The van der Waals surface area contributed by atoms with Crippen molar-refractivity contribution in [2.24, 2.45) is 0 Å². The highest BCUT2D eigenvalue weighted by atomic mass is 32.2. The molecule has 0 saturated carbocycles. The molecule has 5 rings (SSSR count). The first-order valence-electron chi connectivity index (χ1n) is 11.4. The molecule has 2 aliphatic heterocycles. The van der Waals surface area contributed by atoms with E-state index in [4.69, 9.17) is 5.10 Å². The number of nitriles is 1. The number of sulfone groups is 1. The van der Waals surface area contributed by atoms with E-state index in [0.717, 1.165) is 16.2 Å². The highest BCUT2D eigenvalue weighted by molar-refractivity contribution is 7.91. The summed E-state index contributed by atoms with van der Waals surface area (Å²) in [6.45, 7) is 1.56. The minimum atomic E-state index is -3.35. The van der Waals surface area contributed by atoms with Crippen LogP contribution in [0.25, 0.3) is 23.0 Å². The molecule has 2 aliphatic rings. The summed E-state index contributed by atoms with van der Waals surface area (Å²) in [7, 11) is -3.35. The van der Waals surface area contributed by atoms with Gasteiger partial charge in [0.15, 0.2) is 9.84 Å². The maximum absolute atomic E-state index is 13.6. The normalized spacial score (nSPS) is 20.7. The van der Waals surface area contributed by atoms with Crippen LogP contribution in [0.5, 0.6) is 0 Å². The molecule has 9 heteroatoms. The SMILES string of the molecule is CC1=C(C#N)C(=O)N([C@@H]2CCS(=O)(=O)C2)C(=O)/C1=C/c1cn(-c2ccccc2)nc1-c1ccccc1. The van der Waals surface area contributed by atoms with Gasteiger partial charge >= 0.3 is 0 Å². The molecule has 0 unspecified atom stereocenters. The Morgan fingerprint density at radius 2 is 1.69 bits per heavy atom. The summed E-state index contributed by atoms with van der Waals surface area (Å²) in [6.07, 6.45) is 3.58. The number of benzene rings is 2. The number of imide groups is 1. The zero-order valence-electron chi connectivity index (χ0n) is 19.5. The number of hydrogen-bond acceptors (Lipinski definition) is 6. The van der Waals surface area contributed by atoms with Gasteiger partial charge in [-0.3, -0.25) is 14.5 Å². The summed E-state index contributed by atoms with van der Waals surface area (Å²) in [5.74, 6) is -1.75. The van der Waals surface area contributed by atoms with E-state index < -0.39 is 27.7 Å². The summed E-state index contributed by atoms with van der Waals surface area (Å²) in [5.41, 5.74) is 3.17. The van der Waals surface area contributed by atoms with Crippen molar-refractivity contribution in [1.29, 1.82) is 5.26 Å². The third kappa shape index (κ3) is 4.16. The minimum absolute atomic E-state index is 0.0969. The Bertz CT molecular complexity index is 1580. The van der Waals surface area contributed by atoms with Gasteiger partial charge in [-0.1, -0.05) is 48.5 Å². The third-order valence-electron chi connectivity index (χ3n) is 6.46. The van der Waals surface area contributed by atoms with Crippen LogP contribution < -0.4 is 0 Å². The van der Waals surface area contributed by atoms with E-state index in [-0.39, 0.29) is 34.6 Å². The number of aromatic nitrogens is 2. The lowest BCUT2D eigenvalue weighted by molar-refractivity contribution is -0.142. The fourth-order valence-corrected chi connectivity index (χ4v) is 6.29. The maximum atomic E-state index is 13.6. The first-order chi connectivity index (χ1) is 17.3. The molecule has 0 bridgehead atoms. The zero-order valence-corrected chi connectivity index (χ0v) is 20.3. The molecule has 2 amide bonds. The largest absolute Gasteiger partial charge is 0.271 e. The van der Waals surface area contributed by atoms with E-state index in [1.54, 1.807) is 23.9 Å². The van der Waals surface area contributed by atoms with E-state index in [2.05, 4.69) is 0 Å². The molecule has 1 fully saturated rings. The number of carbonyl (C=O) groups excluding carboxylic acids is 2. The Labute approximate surface area is 208 Å². The van der Waals surface area contributed by atoms with Crippen molar-refractivity contribution in [3.63, 3.8) is 0 Å². The van der Waals surface area contributed by atoms with Gasteiger partial charge < -0.3 is 0 Å². The quantitative estimate of drug-likeness (QED) is 0.403. The van der Waals surface area contributed by atoms with Crippen LogP contribution in [0.15, 0.2) is 83.6 Å². The Hall–Kier alpha value is -4.29. The Morgan fingerprint density at radius 3 is 2.31 bits per heavy atom. The van der Waals surface area contributed by atoms with Crippen LogP contribution in [0.3, 0.4) is 0 Å². The summed E-state index contributed by atoms with van der Waals surface area (Å²) in [6, 6.07) is 20.1. The predicted octanol–water partition coefficient (Wildman–Crippen LogP) is 3.32. The molecule has 3 aromatic rings. The van der Waals surface area contributed by atoms with Crippen molar-refractivity contribution in [3.8, 4) is 23.0 Å². The molecule has 1 aromatic heterocycles. The van der Waals surface area contributed by atoms with Crippen molar-refractivity contribution in [2.45, 2.75) is 19.4 Å². The van der Waals surface area contributed by atoms with Gasteiger partial charge in [-0.2, -0.15) is 10.4 Å². The maximum Gasteiger partial charge on any atom is 0.271 e. The zero-order chi connectivity index (χ0) is 25.4. The lowest BCUT2D eigenvalue weighted by Crippen LogP contribution is -2.49. The number of rotatable bonds is 4. The first kappa shape index (κ1) is 23.5. The van der Waals surface area contributed by atoms with Crippen LogP contribution in [0.1, 0.15) is 18.9 Å². The van der Waals surface area contributed by atoms with Crippen LogP contribution in [0.2, 0.25) is 0 Å². The van der Waals surface area contributed by atoms with Crippen LogP contribution in [0.4, 0.5) is 0 Å². The number of hydrogen-bond donors (Lipinski definition) is 0. The first-order valence-corrected chi connectivity index (χ1v) is 13.2. The molecular formula is C27H22N4O4S. The molecule has 36 heavy (non-hydrogen) atoms. The van der Waals surface area contributed by atoms with Crippen LogP contribution in [-0.2, 0) is 19.4 Å². The van der Waals surface area contributed by atoms with Crippen LogP contribution in [0, 0.1) is 11.3 Å². The molecule has 1 atom stereocenters. The van der Waals surface area contributed by atoms with Gasteiger partial charge in [0, 0.05) is 22.9 Å². The second-order valence-corrected chi connectivity index (χ2v) is 11.0. The van der Waals surface area contributed by atoms with E-state index in [9.17, 15) is 23.3 Å². The highest BCUT2D eigenvalue weighted by Crippen LogP contribution is 2.33. The standard InChI is InChI=1S/C27H22N4O4S/c1-18-23(26(32)31(27(33)24(18)15-28)22-12-13-36(34,35)17-22)14-20-16-30(21-10-6-3-7-11-21)29-25(20)19-8-4-2-5-9-19/h2-11,14,16,22H,12-13,17H2,1H3/b23-14+/t22-/m1/s1. The molecule has 0 spiro atoms. The Kier molecular flexibility index (Phi) is 5.90. The van der Waals surface area contributed by atoms with Gasteiger partial charge in [0.05, 0.1) is 28.9 Å². The second kappa shape index (κ2) is 9.06. The molecule has 3 heterocycles. The second-order valence-electron chi connectivity index (χ2n) is 8.79. The van der Waals surface area contributed by atoms with Gasteiger partial charge in [-0.05, 0) is 37.1 Å². The molecule has 8 nitrogen and oxygen atoms in total. The fraction of sp³-hybridized carbons (Fsp3) is 0.185. The average Bonchev–Trinajstić information content (AvgIpc) is 3.46. The number of carbonyl (C=O) groups is 2. The van der Waals surface area contributed by atoms with Gasteiger partial charge in [0.1, 0.15) is 11.6 Å². The van der Waals surface area contributed by atoms with Gasteiger partial charge in [-0.25, -0.2) is 13.1 Å². The number of amides is 2. The van der Waals surface area contributed by atoms with E-state index >= 15 is 0 Å². The minimum Gasteiger partial charge on any atom is -0.270 e. The van der Waals surface area contributed by atoms with Gasteiger partial charge in [0.25, 0.3) is 11.8 Å². The van der Waals surface area contributed by atoms with Crippen molar-refractivity contribution < 1.29 is 18.0 Å². The molecule has 0 N–H and O–H groups in total. The van der Waals surface area contributed by atoms with Crippen molar-refractivity contribution >= 4 is 27.7 Å². The molecule has 0 aliphatic carbocycles. The lowest BCUT2D eigenvalue weighted by atomic mass is 9.92. The topological polar surface area (TPSA) is 113 Å². The number of nitrogens with zero attached hydrogens (tertiary/aromatic N) is 4. The molecule has 0 radical (unpaired) electrons. The van der Waals surface area contributed by atoms with Gasteiger partial charge in [0.2, 0.25) is 0 Å². The monoisotopic (exact) mass is 498 g/mol. The summed E-state index contributed by atoms with van der Waals surface area (Å²) >= 11 is 0. The van der Waals surface area contributed by atoms with Crippen molar-refractivity contribution in [1.82, 2.24) is 14.7 Å². The summed E-state index contributed by atoms with van der Waals surface area (Å²) in [5, 5.41) is 14.5. The Morgan fingerprint density at radius 1 is 1.03 bits per heavy atom. The Balaban J connectivity index is 1.67. The molecular weight excluding hydrogens is 476 g/mol. The fourth-order valence-electron chi connectivity index (χ4n) is 4.59. The van der Waals surface area contributed by atoms with Crippen molar-refractivity contribution in [2.75, 3.05) is 11.5 Å². The van der Waals surface area contributed by atoms with Gasteiger partial charge in [-0.15, -0.1) is 0 Å². The summed E-state index contributed by atoms with van der Waals surface area (Å²) in [4.78, 5) is 27.6. The van der Waals surface area contributed by atoms with Crippen LogP contribution >= 0.6 is 0 Å². The predicted molar refractivity (Wildman–Crippen MR) is 134 cm³/mol. The average molecular weight is 499 g/mol. The number of para-hydroxylation sites is 1. The summed E-state index contributed by atoms with van der Waals surface area (Å²) < 4.78 is 25.9. The lowest BCUT2D eigenvalue weighted by Gasteiger charge is -2.31. The van der Waals surface area contributed by atoms with Crippen LogP contribution in [-0.4, -0.2) is 52.5 Å². The molecule has 180 valence electrons. The molecule has 1 saturated heterocycles. The molecule has 2 aromatic carbocycles. The highest BCUT2D eigenvalue weighted by Gasteiger charge is 2.43. The van der Waals surface area contributed by atoms with E-state index in [1.807, 2.05) is 66.7 Å². The third-order valence-corrected chi connectivity index (χ3v) is 8.21. The van der Waals surface area contributed by atoms with E-state index in [0.29, 0.717) is 11.3 Å². The van der Waals surface area contributed by atoms with Crippen molar-refractivity contribution in [3.05, 3.63) is 89.1 Å². The van der Waals surface area contributed by atoms with E-state index in [1.165, 1.54) is 0 Å². The smallest absolute Gasteiger partial charge is 0.270 e.